The van der Waals surface area contributed by atoms with Gasteiger partial charge in [-0.25, -0.2) is 0 Å². The minimum Gasteiger partial charge on any atom is -0.493 e. The number of nitrogens with one attached hydrogen (secondary N) is 1. The Morgan fingerprint density at radius 3 is 2.48 bits per heavy atom. The van der Waals surface area contributed by atoms with Crippen molar-refractivity contribution < 1.29 is 14.6 Å². The van der Waals surface area contributed by atoms with Crippen LogP contribution in [-0.4, -0.2) is 81.5 Å². The summed E-state index contributed by atoms with van der Waals surface area (Å²) in [5.41, 5.74) is 1.13. The lowest BCUT2D eigenvalue weighted by molar-refractivity contribution is 0.0668. The van der Waals surface area contributed by atoms with Gasteiger partial charge >= 0.3 is 0 Å². The number of methoxy groups -OCH3 is 1. The van der Waals surface area contributed by atoms with Gasteiger partial charge in [0.25, 0.3) is 0 Å². The fourth-order valence-electron chi connectivity index (χ4n) is 2.26. The fourth-order valence-corrected chi connectivity index (χ4v) is 2.26. The maximum Gasteiger partial charge on any atom is 0.161 e. The topological polar surface area (TPSA) is 57.2 Å². The normalized spacial score (nSPS) is 12.9. The molecular weight excluding hydrogens is 318 g/mol. The average Bonchev–Trinajstić information content (AvgIpc) is 2.56. The molecule has 144 valence electrons. The molecule has 0 amide bonds. The summed E-state index contributed by atoms with van der Waals surface area (Å²) in [7, 11) is 7.74. The van der Waals surface area contributed by atoms with Crippen LogP contribution in [0.1, 0.15) is 19.4 Å². The van der Waals surface area contributed by atoms with E-state index in [9.17, 15) is 5.11 Å². The Kier molecular flexibility index (Phi) is 9.82. The predicted octanol–water partition coefficient (Wildman–Crippen LogP) is 1.43. The van der Waals surface area contributed by atoms with Crippen LogP contribution in [0.3, 0.4) is 0 Å². The van der Waals surface area contributed by atoms with Crippen LogP contribution < -0.4 is 14.8 Å². The standard InChI is InChI=1S/C19H35N3O3/c1-15(2)22(5)13-17(23)14-25-19-11-16(7-8-18(19)24-6)12-20-9-10-21(3)4/h7-8,11,15,17,20,23H,9-10,12-14H2,1-6H3. The molecule has 0 aliphatic heterocycles. The molecule has 6 nitrogen and oxygen atoms in total. The molecule has 2 N–H and O–H groups in total. The predicted molar refractivity (Wildman–Crippen MR) is 103 cm³/mol. The lowest BCUT2D eigenvalue weighted by atomic mass is 10.2. The van der Waals surface area contributed by atoms with Crippen molar-refractivity contribution in [2.75, 3.05) is 54.5 Å². The van der Waals surface area contributed by atoms with E-state index in [0.717, 1.165) is 25.2 Å². The Morgan fingerprint density at radius 1 is 1.16 bits per heavy atom. The van der Waals surface area contributed by atoms with Crippen molar-refractivity contribution in [3.05, 3.63) is 23.8 Å². The third kappa shape index (κ3) is 8.54. The zero-order valence-electron chi connectivity index (χ0n) is 16.6. The Labute approximate surface area is 152 Å². The molecule has 1 aromatic rings. The molecular formula is C19H35N3O3. The van der Waals surface area contributed by atoms with Gasteiger partial charge < -0.3 is 29.7 Å². The van der Waals surface area contributed by atoms with E-state index in [4.69, 9.17) is 9.47 Å². The van der Waals surface area contributed by atoms with Crippen LogP contribution in [-0.2, 0) is 6.54 Å². The third-order valence-electron chi connectivity index (χ3n) is 4.10. The number of aliphatic hydroxyl groups excluding tert-OH is 1. The highest BCUT2D eigenvalue weighted by Gasteiger charge is 2.13. The van der Waals surface area contributed by atoms with Gasteiger partial charge in [0, 0.05) is 32.2 Å². The van der Waals surface area contributed by atoms with Gasteiger partial charge in [0.15, 0.2) is 11.5 Å². The van der Waals surface area contributed by atoms with Gasteiger partial charge in [-0.1, -0.05) is 6.07 Å². The summed E-state index contributed by atoms with van der Waals surface area (Å²) < 4.78 is 11.2. The quantitative estimate of drug-likeness (QED) is 0.555. The van der Waals surface area contributed by atoms with Crippen molar-refractivity contribution in [1.82, 2.24) is 15.1 Å². The summed E-state index contributed by atoms with van der Waals surface area (Å²) in [6.45, 7) is 7.71. The Balaban J connectivity index is 2.57. The van der Waals surface area contributed by atoms with Crippen LogP contribution in [0.2, 0.25) is 0 Å². The van der Waals surface area contributed by atoms with Gasteiger partial charge in [-0.3, -0.25) is 0 Å². The first-order chi connectivity index (χ1) is 11.8. The number of rotatable bonds is 12. The zero-order valence-corrected chi connectivity index (χ0v) is 16.6. The second-order valence-electron chi connectivity index (χ2n) is 6.96. The van der Waals surface area contributed by atoms with Crippen molar-refractivity contribution in [3.8, 4) is 11.5 Å². The van der Waals surface area contributed by atoms with Crippen LogP contribution in [0.15, 0.2) is 18.2 Å². The molecule has 0 bridgehead atoms. The minimum atomic E-state index is -0.543. The van der Waals surface area contributed by atoms with Gasteiger partial charge in [0.1, 0.15) is 12.7 Å². The SMILES string of the molecule is COc1ccc(CNCCN(C)C)cc1OCC(O)CN(C)C(C)C. The summed E-state index contributed by atoms with van der Waals surface area (Å²) in [4.78, 5) is 4.24. The molecule has 1 atom stereocenters. The molecule has 0 fully saturated rings. The van der Waals surface area contributed by atoms with Gasteiger partial charge in [-0.05, 0) is 52.7 Å². The van der Waals surface area contributed by atoms with Gasteiger partial charge in [-0.2, -0.15) is 0 Å². The number of ether oxygens (including phenoxy) is 2. The smallest absolute Gasteiger partial charge is 0.161 e. The largest absolute Gasteiger partial charge is 0.493 e. The molecule has 0 aliphatic carbocycles. The van der Waals surface area contributed by atoms with E-state index in [2.05, 4.69) is 43.1 Å². The maximum absolute atomic E-state index is 10.2. The van der Waals surface area contributed by atoms with Crippen molar-refractivity contribution >= 4 is 0 Å². The fraction of sp³-hybridized carbons (Fsp3) is 0.684. The van der Waals surface area contributed by atoms with E-state index in [1.807, 2.05) is 25.2 Å². The molecule has 0 heterocycles. The summed E-state index contributed by atoms with van der Waals surface area (Å²) in [6.07, 6.45) is -0.543. The first-order valence-corrected chi connectivity index (χ1v) is 8.87. The monoisotopic (exact) mass is 353 g/mol. The molecule has 1 rings (SSSR count). The number of benzene rings is 1. The van der Waals surface area contributed by atoms with Crippen LogP contribution in [0.5, 0.6) is 11.5 Å². The molecule has 1 unspecified atom stereocenters. The zero-order chi connectivity index (χ0) is 18.8. The first-order valence-electron chi connectivity index (χ1n) is 8.87. The summed E-state index contributed by atoms with van der Waals surface area (Å²) in [5.74, 6) is 1.35. The number of aliphatic hydroxyl groups is 1. The van der Waals surface area contributed by atoms with E-state index in [1.165, 1.54) is 0 Å². The van der Waals surface area contributed by atoms with E-state index in [1.54, 1.807) is 7.11 Å². The van der Waals surface area contributed by atoms with Crippen molar-refractivity contribution in [1.29, 1.82) is 0 Å². The highest BCUT2D eigenvalue weighted by atomic mass is 16.5. The summed E-state index contributed by atoms with van der Waals surface area (Å²) >= 11 is 0. The Morgan fingerprint density at radius 2 is 1.88 bits per heavy atom. The number of hydrogen-bond acceptors (Lipinski definition) is 6. The second kappa shape index (κ2) is 11.3. The molecule has 0 spiro atoms. The van der Waals surface area contributed by atoms with Gasteiger partial charge in [0.05, 0.1) is 7.11 Å². The number of likely N-dealkylation sites (N-methyl/N-ethyl adjacent to an activating group) is 2. The van der Waals surface area contributed by atoms with Crippen LogP contribution >= 0.6 is 0 Å². The number of hydrogen-bond donors (Lipinski definition) is 2. The molecule has 6 heteroatoms. The molecule has 0 aliphatic rings. The highest BCUT2D eigenvalue weighted by Crippen LogP contribution is 2.28. The Hall–Kier alpha value is -1.34. The van der Waals surface area contributed by atoms with E-state index in [-0.39, 0.29) is 6.61 Å². The molecule has 1 aromatic carbocycles. The molecule has 0 radical (unpaired) electrons. The maximum atomic E-state index is 10.2. The minimum absolute atomic E-state index is 0.241. The van der Waals surface area contributed by atoms with E-state index >= 15 is 0 Å². The molecule has 0 aromatic heterocycles. The van der Waals surface area contributed by atoms with E-state index < -0.39 is 6.10 Å². The first kappa shape index (κ1) is 21.7. The van der Waals surface area contributed by atoms with Crippen LogP contribution in [0.25, 0.3) is 0 Å². The molecule has 0 saturated heterocycles. The summed E-state index contributed by atoms with van der Waals surface area (Å²) in [5, 5.41) is 13.6. The number of nitrogens with zero attached hydrogens (tertiary/aromatic N) is 2. The summed E-state index contributed by atoms with van der Waals surface area (Å²) in [6, 6.07) is 6.29. The van der Waals surface area contributed by atoms with Crippen molar-refractivity contribution in [3.63, 3.8) is 0 Å². The lowest BCUT2D eigenvalue weighted by Gasteiger charge is -2.24. The second-order valence-corrected chi connectivity index (χ2v) is 6.96. The Bertz CT molecular complexity index is 495. The van der Waals surface area contributed by atoms with Crippen molar-refractivity contribution in [2.24, 2.45) is 0 Å². The average molecular weight is 354 g/mol. The molecule has 25 heavy (non-hydrogen) atoms. The lowest BCUT2D eigenvalue weighted by Crippen LogP contribution is -2.37. The third-order valence-corrected chi connectivity index (χ3v) is 4.10. The van der Waals surface area contributed by atoms with E-state index in [0.29, 0.717) is 24.1 Å². The highest BCUT2D eigenvalue weighted by molar-refractivity contribution is 5.43. The van der Waals surface area contributed by atoms with Crippen molar-refractivity contribution in [2.45, 2.75) is 32.5 Å². The van der Waals surface area contributed by atoms with Gasteiger partial charge in [-0.15, -0.1) is 0 Å². The van der Waals surface area contributed by atoms with Crippen LogP contribution in [0.4, 0.5) is 0 Å². The van der Waals surface area contributed by atoms with Gasteiger partial charge in [0.2, 0.25) is 0 Å². The van der Waals surface area contributed by atoms with Crippen LogP contribution in [0, 0.1) is 0 Å². The molecule has 0 saturated carbocycles.